The Kier molecular flexibility index (Phi) is 7.92. The van der Waals surface area contributed by atoms with Gasteiger partial charge in [0.1, 0.15) is 23.8 Å². The molecular weight excluding hydrogens is 585 g/mol. The Morgan fingerprint density at radius 2 is 1.86 bits per heavy atom. The lowest BCUT2D eigenvalue weighted by Crippen LogP contribution is -2.31. The van der Waals surface area contributed by atoms with Crippen molar-refractivity contribution < 1.29 is 32.5 Å². The Bertz CT molecular complexity index is 1840. The number of halogens is 4. The molecule has 2 N–H and O–H groups in total. The number of benzene rings is 3. The predicted molar refractivity (Wildman–Crippen MR) is 153 cm³/mol. The minimum atomic E-state index is -1.26. The minimum Gasteiger partial charge on any atom is -0.484 e. The summed E-state index contributed by atoms with van der Waals surface area (Å²) in [5.74, 6) is -2.67. The van der Waals surface area contributed by atoms with Crippen LogP contribution in [0.25, 0.3) is 11.0 Å². The van der Waals surface area contributed by atoms with E-state index in [0.717, 1.165) is 18.6 Å². The van der Waals surface area contributed by atoms with Crippen molar-refractivity contribution in [3.8, 4) is 5.75 Å². The summed E-state index contributed by atoms with van der Waals surface area (Å²) in [7, 11) is 0. The molecule has 5 aromatic rings. The first-order chi connectivity index (χ1) is 20.7. The van der Waals surface area contributed by atoms with Gasteiger partial charge in [-0.3, -0.25) is 4.98 Å². The highest BCUT2D eigenvalue weighted by Gasteiger charge is 2.24. The number of ether oxygens (including phenoxy) is 2. The Hall–Kier alpha value is -4.61. The van der Waals surface area contributed by atoms with Crippen LogP contribution in [0, 0.1) is 17.5 Å². The molecule has 1 aliphatic rings. The summed E-state index contributed by atoms with van der Waals surface area (Å²) in [5, 5.41) is 12.8. The normalized spacial score (nSPS) is 14.5. The van der Waals surface area contributed by atoms with Crippen molar-refractivity contribution in [1.29, 1.82) is 0 Å². The maximum Gasteiger partial charge on any atom is 0.335 e. The fraction of sp³-hybridized carbons (Fsp3) is 0.194. The standard InChI is InChI=1S/C31H24ClF3N4O4/c32-19-2-4-28(25(34)12-19)43-16-22-13-21(5-7-36-22)37-20-3-1-17(24(33)14-20)11-29-38-30-26(35)9-18(31(40)41)10-27(30)39(29)15-23-6-8-42-23/h1-5,7,9-10,12-14,23H,6,8,11,15-16H2,(H,36,37)(H,40,41)/t23-/m0/s1. The van der Waals surface area contributed by atoms with Crippen molar-refractivity contribution in [2.75, 3.05) is 11.9 Å². The maximum absolute atomic E-state index is 15.3. The number of pyridine rings is 1. The zero-order valence-corrected chi connectivity index (χ0v) is 23.2. The summed E-state index contributed by atoms with van der Waals surface area (Å²) in [6.45, 7) is 0.953. The van der Waals surface area contributed by atoms with Crippen molar-refractivity contribution >= 4 is 40.0 Å². The van der Waals surface area contributed by atoms with E-state index < -0.39 is 23.4 Å². The van der Waals surface area contributed by atoms with Crippen LogP contribution in [0.15, 0.2) is 66.9 Å². The molecule has 0 amide bonds. The fourth-order valence-corrected chi connectivity index (χ4v) is 4.97. The highest BCUT2D eigenvalue weighted by atomic mass is 35.5. The van der Waals surface area contributed by atoms with Crippen molar-refractivity contribution in [1.82, 2.24) is 14.5 Å². The molecule has 0 saturated carbocycles. The van der Waals surface area contributed by atoms with Crippen LogP contribution in [-0.2, 0) is 24.3 Å². The number of aromatic nitrogens is 3. The Morgan fingerprint density at radius 1 is 1.05 bits per heavy atom. The molecule has 1 atom stereocenters. The third-order valence-corrected chi connectivity index (χ3v) is 7.32. The molecule has 8 nitrogen and oxygen atoms in total. The quantitative estimate of drug-likeness (QED) is 0.178. The van der Waals surface area contributed by atoms with Gasteiger partial charge in [-0.05, 0) is 66.6 Å². The average molecular weight is 609 g/mol. The largest absolute Gasteiger partial charge is 0.484 e. The number of carboxylic acids is 1. The van der Waals surface area contributed by atoms with Crippen LogP contribution in [0.4, 0.5) is 24.5 Å². The predicted octanol–water partition coefficient (Wildman–Crippen LogP) is 6.90. The van der Waals surface area contributed by atoms with Gasteiger partial charge in [0, 0.05) is 35.6 Å². The molecular formula is C31H24ClF3N4O4. The first-order valence-corrected chi connectivity index (χ1v) is 13.7. The number of carboxylic acid groups (broad SMARTS) is 1. The molecule has 1 saturated heterocycles. The number of carbonyl (C=O) groups is 1. The number of nitrogens with one attached hydrogen (secondary N) is 1. The van der Waals surface area contributed by atoms with E-state index >= 15 is 4.39 Å². The monoisotopic (exact) mass is 608 g/mol. The zero-order valence-electron chi connectivity index (χ0n) is 22.5. The van der Waals surface area contributed by atoms with Crippen LogP contribution in [0.2, 0.25) is 5.02 Å². The SMILES string of the molecule is O=C(O)c1cc(F)c2nc(Cc3ccc(Nc4ccnc(COc5ccc(Cl)cc5F)c4)cc3F)n(C[C@@H]3CCO3)c2c1. The van der Waals surface area contributed by atoms with E-state index in [-0.39, 0.29) is 41.0 Å². The minimum absolute atomic E-state index is 0.00280. The van der Waals surface area contributed by atoms with Crippen LogP contribution < -0.4 is 10.1 Å². The summed E-state index contributed by atoms with van der Waals surface area (Å²) in [4.78, 5) is 20.2. The first-order valence-electron chi connectivity index (χ1n) is 13.4. The molecule has 0 spiro atoms. The van der Waals surface area contributed by atoms with Crippen LogP contribution in [0.5, 0.6) is 5.75 Å². The lowest BCUT2D eigenvalue weighted by Gasteiger charge is -2.27. The van der Waals surface area contributed by atoms with E-state index in [9.17, 15) is 18.7 Å². The smallest absolute Gasteiger partial charge is 0.335 e. The van der Waals surface area contributed by atoms with Gasteiger partial charge >= 0.3 is 5.97 Å². The number of nitrogens with zero attached hydrogens (tertiary/aromatic N) is 3. The van der Waals surface area contributed by atoms with E-state index in [1.165, 1.54) is 24.3 Å². The highest BCUT2D eigenvalue weighted by molar-refractivity contribution is 6.30. The summed E-state index contributed by atoms with van der Waals surface area (Å²) >= 11 is 5.78. The Balaban J connectivity index is 1.20. The van der Waals surface area contributed by atoms with Gasteiger partial charge in [-0.25, -0.2) is 22.9 Å². The van der Waals surface area contributed by atoms with E-state index in [0.29, 0.717) is 47.1 Å². The second-order valence-corrected chi connectivity index (χ2v) is 10.5. The average Bonchev–Trinajstić information content (AvgIpc) is 3.29. The van der Waals surface area contributed by atoms with Gasteiger partial charge in [-0.15, -0.1) is 0 Å². The molecule has 6 rings (SSSR count). The van der Waals surface area contributed by atoms with Gasteiger partial charge in [-0.1, -0.05) is 17.7 Å². The summed E-state index contributed by atoms with van der Waals surface area (Å²) in [6, 6.07) is 14.5. The van der Waals surface area contributed by atoms with Crippen molar-refractivity contribution in [2.24, 2.45) is 0 Å². The number of fused-ring (bicyclic) bond motifs is 1. The van der Waals surface area contributed by atoms with Crippen molar-refractivity contribution in [3.63, 3.8) is 0 Å². The van der Waals surface area contributed by atoms with Crippen LogP contribution >= 0.6 is 11.6 Å². The molecule has 3 heterocycles. The Morgan fingerprint density at radius 3 is 2.58 bits per heavy atom. The molecule has 2 aromatic heterocycles. The topological polar surface area (TPSA) is 98.5 Å². The molecule has 12 heteroatoms. The van der Waals surface area contributed by atoms with Crippen LogP contribution in [0.1, 0.15) is 33.9 Å². The second kappa shape index (κ2) is 11.9. The lowest BCUT2D eigenvalue weighted by molar-refractivity contribution is -0.0589. The van der Waals surface area contributed by atoms with E-state index in [2.05, 4.69) is 15.3 Å². The lowest BCUT2D eigenvalue weighted by atomic mass is 10.1. The molecule has 0 aliphatic carbocycles. The summed E-state index contributed by atoms with van der Waals surface area (Å²) < 4.78 is 56.9. The van der Waals surface area contributed by atoms with Gasteiger partial charge in [0.25, 0.3) is 0 Å². The van der Waals surface area contributed by atoms with E-state index in [1.54, 1.807) is 35.0 Å². The molecule has 1 fully saturated rings. The van der Waals surface area contributed by atoms with E-state index in [1.807, 2.05) is 0 Å². The molecule has 220 valence electrons. The van der Waals surface area contributed by atoms with Gasteiger partial charge in [0.05, 0.1) is 29.4 Å². The first kappa shape index (κ1) is 28.5. The third-order valence-electron chi connectivity index (χ3n) is 7.09. The summed E-state index contributed by atoms with van der Waals surface area (Å²) in [6.07, 6.45) is 2.28. The number of rotatable bonds is 10. The summed E-state index contributed by atoms with van der Waals surface area (Å²) in [5.41, 5.74) is 2.07. The third kappa shape index (κ3) is 6.27. The van der Waals surface area contributed by atoms with Crippen molar-refractivity contribution in [3.05, 3.63) is 112 Å². The van der Waals surface area contributed by atoms with Gasteiger partial charge in [0.15, 0.2) is 17.4 Å². The van der Waals surface area contributed by atoms with E-state index in [4.69, 9.17) is 21.1 Å². The molecule has 3 aromatic carbocycles. The second-order valence-electron chi connectivity index (χ2n) is 10.1. The molecule has 43 heavy (non-hydrogen) atoms. The maximum atomic E-state index is 15.3. The number of aromatic carboxylic acids is 1. The van der Waals surface area contributed by atoms with Crippen LogP contribution in [-0.4, -0.2) is 38.3 Å². The molecule has 0 unspecified atom stereocenters. The van der Waals surface area contributed by atoms with Crippen molar-refractivity contribution in [2.45, 2.75) is 32.1 Å². The molecule has 1 aliphatic heterocycles. The zero-order chi connectivity index (χ0) is 30.1. The van der Waals surface area contributed by atoms with Gasteiger partial charge in [-0.2, -0.15) is 0 Å². The fourth-order valence-electron chi connectivity index (χ4n) is 4.81. The van der Waals surface area contributed by atoms with Crippen LogP contribution in [0.3, 0.4) is 0 Å². The van der Waals surface area contributed by atoms with Gasteiger partial charge in [0.2, 0.25) is 0 Å². The Labute approximate surface area is 248 Å². The number of hydrogen-bond acceptors (Lipinski definition) is 6. The number of imidazole rings is 1. The molecule has 0 bridgehead atoms. The number of anilines is 2. The molecule has 0 radical (unpaired) electrons. The number of hydrogen-bond donors (Lipinski definition) is 2. The van der Waals surface area contributed by atoms with Gasteiger partial charge < -0.3 is 24.5 Å². The highest BCUT2D eigenvalue weighted by Crippen LogP contribution is 2.28.